The third kappa shape index (κ3) is 1.71. The zero-order valence-electron chi connectivity index (χ0n) is 7.71. The molecule has 78 valence electrons. The summed E-state index contributed by atoms with van der Waals surface area (Å²) in [5, 5.41) is 1.68. The molecule has 2 rings (SSSR count). The normalized spacial score (nSPS) is 10.6. The number of methoxy groups -OCH3 is 1. The molecule has 1 aromatic heterocycles. The number of benzene rings is 1. The Morgan fingerprint density at radius 3 is 2.67 bits per heavy atom. The van der Waals surface area contributed by atoms with Crippen LogP contribution < -0.4 is 4.74 Å². The van der Waals surface area contributed by atoms with Gasteiger partial charge < -0.3 is 4.74 Å². The predicted octanol–water partition coefficient (Wildman–Crippen LogP) is 4.03. The summed E-state index contributed by atoms with van der Waals surface area (Å²) in [5.74, 6) is 0.518. The van der Waals surface area contributed by atoms with Crippen molar-refractivity contribution >= 4 is 50.9 Å². The Kier molecular flexibility index (Phi) is 2.87. The second-order valence-corrected chi connectivity index (χ2v) is 4.73. The zero-order valence-corrected chi connectivity index (χ0v) is 10.0. The quantitative estimate of drug-likeness (QED) is 0.763. The van der Waals surface area contributed by atoms with Crippen LogP contribution in [0, 0.1) is 0 Å². The molecule has 5 heteroatoms. The Bertz CT molecular complexity index is 534. The van der Waals surface area contributed by atoms with E-state index >= 15 is 0 Å². The number of carbonyl (C=O) groups is 1. The van der Waals surface area contributed by atoms with Gasteiger partial charge in [0.25, 0.3) is 0 Å². The van der Waals surface area contributed by atoms with Crippen molar-refractivity contribution in [3.05, 3.63) is 27.1 Å². The molecular formula is C10H6Cl2O2S. The van der Waals surface area contributed by atoms with E-state index in [0.717, 1.165) is 16.4 Å². The van der Waals surface area contributed by atoms with E-state index in [1.165, 1.54) is 18.4 Å². The molecule has 0 aliphatic heterocycles. The summed E-state index contributed by atoms with van der Waals surface area (Å²) in [6.45, 7) is 0. The van der Waals surface area contributed by atoms with Gasteiger partial charge in [0.1, 0.15) is 10.8 Å². The number of aldehydes is 1. The van der Waals surface area contributed by atoms with Gasteiger partial charge >= 0.3 is 0 Å². The van der Waals surface area contributed by atoms with Crippen LogP contribution in [-0.2, 0) is 0 Å². The highest BCUT2D eigenvalue weighted by atomic mass is 35.5. The number of thiophene rings is 1. The van der Waals surface area contributed by atoms with Crippen molar-refractivity contribution in [3.8, 4) is 5.75 Å². The highest BCUT2D eigenvalue weighted by Gasteiger charge is 2.13. The fraction of sp³-hybridized carbons (Fsp3) is 0.100. The van der Waals surface area contributed by atoms with Crippen LogP contribution in [0.4, 0.5) is 0 Å². The molecule has 0 radical (unpaired) electrons. The smallest absolute Gasteiger partial charge is 0.160 e. The SMILES string of the molecule is COc1cc2cc(C=O)sc2c(Cl)c1Cl. The van der Waals surface area contributed by atoms with E-state index in [1.807, 2.05) is 0 Å². The average molecular weight is 261 g/mol. The molecule has 15 heavy (non-hydrogen) atoms. The topological polar surface area (TPSA) is 26.3 Å². The minimum absolute atomic E-state index is 0.381. The van der Waals surface area contributed by atoms with Crippen molar-refractivity contribution in [2.45, 2.75) is 0 Å². The van der Waals surface area contributed by atoms with E-state index < -0.39 is 0 Å². The Morgan fingerprint density at radius 1 is 1.33 bits per heavy atom. The first-order chi connectivity index (χ1) is 7.17. The van der Waals surface area contributed by atoms with Gasteiger partial charge in [-0.1, -0.05) is 23.2 Å². The van der Waals surface area contributed by atoms with Crippen LogP contribution in [0.25, 0.3) is 10.1 Å². The maximum Gasteiger partial charge on any atom is 0.160 e. The van der Waals surface area contributed by atoms with Crippen molar-refractivity contribution < 1.29 is 9.53 Å². The fourth-order valence-electron chi connectivity index (χ4n) is 1.32. The largest absolute Gasteiger partial charge is 0.495 e. The minimum atomic E-state index is 0.381. The Morgan fingerprint density at radius 2 is 2.07 bits per heavy atom. The molecule has 0 spiro atoms. The van der Waals surface area contributed by atoms with Gasteiger partial charge in [0.2, 0.25) is 0 Å². The van der Waals surface area contributed by atoms with Gasteiger partial charge in [0.05, 0.1) is 21.7 Å². The number of carbonyl (C=O) groups excluding carboxylic acids is 1. The Hall–Kier alpha value is -0.770. The molecule has 0 saturated carbocycles. The van der Waals surface area contributed by atoms with Crippen molar-refractivity contribution in [2.24, 2.45) is 0 Å². The first-order valence-electron chi connectivity index (χ1n) is 4.08. The Labute approximate surface area is 100 Å². The third-order valence-electron chi connectivity index (χ3n) is 2.01. The summed E-state index contributed by atoms with van der Waals surface area (Å²) in [7, 11) is 1.52. The standard InChI is InChI=1S/C10H6Cl2O2S/c1-14-7-3-5-2-6(4-13)15-10(5)9(12)8(7)11/h2-4H,1H3. The summed E-state index contributed by atoms with van der Waals surface area (Å²) in [4.78, 5) is 11.3. The van der Waals surface area contributed by atoms with Gasteiger partial charge in [-0.25, -0.2) is 0 Å². The maximum absolute atomic E-state index is 10.6. The molecule has 0 fully saturated rings. The van der Waals surface area contributed by atoms with Crippen LogP contribution in [0.15, 0.2) is 12.1 Å². The van der Waals surface area contributed by atoms with E-state index in [-0.39, 0.29) is 0 Å². The monoisotopic (exact) mass is 260 g/mol. The first kappa shape index (κ1) is 10.7. The molecule has 0 aliphatic rings. The molecule has 0 aliphatic carbocycles. The fourth-order valence-corrected chi connectivity index (χ4v) is 2.82. The number of rotatable bonds is 2. The molecule has 2 aromatic rings. The van der Waals surface area contributed by atoms with Gasteiger partial charge in [0, 0.05) is 0 Å². The van der Waals surface area contributed by atoms with E-state index in [9.17, 15) is 4.79 Å². The Balaban J connectivity index is 2.81. The molecule has 0 amide bonds. The highest BCUT2D eigenvalue weighted by Crippen LogP contribution is 2.41. The molecule has 0 unspecified atom stereocenters. The first-order valence-corrected chi connectivity index (χ1v) is 5.65. The molecule has 2 nitrogen and oxygen atoms in total. The second-order valence-electron chi connectivity index (χ2n) is 2.89. The van der Waals surface area contributed by atoms with Gasteiger partial charge in [-0.15, -0.1) is 11.3 Å². The number of fused-ring (bicyclic) bond motifs is 1. The van der Waals surface area contributed by atoms with Crippen LogP contribution in [0.2, 0.25) is 10.0 Å². The van der Waals surface area contributed by atoms with Crippen molar-refractivity contribution in [2.75, 3.05) is 7.11 Å². The van der Waals surface area contributed by atoms with E-state index in [4.69, 9.17) is 27.9 Å². The molecule has 0 N–H and O–H groups in total. The van der Waals surface area contributed by atoms with Gasteiger partial charge in [-0.2, -0.15) is 0 Å². The zero-order chi connectivity index (χ0) is 11.0. The maximum atomic E-state index is 10.6. The van der Waals surface area contributed by atoms with Gasteiger partial charge in [-0.05, 0) is 17.5 Å². The van der Waals surface area contributed by atoms with Gasteiger partial charge in [-0.3, -0.25) is 4.79 Å². The summed E-state index contributed by atoms with van der Waals surface area (Å²) in [6.07, 6.45) is 0.793. The van der Waals surface area contributed by atoms with Crippen LogP contribution in [-0.4, -0.2) is 13.4 Å². The van der Waals surface area contributed by atoms with Crippen molar-refractivity contribution in [1.29, 1.82) is 0 Å². The summed E-state index contributed by atoms with van der Waals surface area (Å²) in [6, 6.07) is 3.53. The van der Waals surface area contributed by atoms with E-state index in [2.05, 4.69) is 0 Å². The van der Waals surface area contributed by atoms with Crippen molar-refractivity contribution in [1.82, 2.24) is 0 Å². The van der Waals surface area contributed by atoms with Crippen LogP contribution >= 0.6 is 34.5 Å². The summed E-state index contributed by atoms with van der Waals surface area (Å²) >= 11 is 13.4. The number of hydrogen-bond donors (Lipinski definition) is 0. The van der Waals surface area contributed by atoms with Crippen LogP contribution in [0.5, 0.6) is 5.75 Å². The molecule has 0 atom stereocenters. The molecule has 0 saturated heterocycles. The average Bonchev–Trinajstić information content (AvgIpc) is 2.66. The number of ether oxygens (including phenoxy) is 1. The van der Waals surface area contributed by atoms with E-state index in [1.54, 1.807) is 12.1 Å². The van der Waals surface area contributed by atoms with E-state index in [0.29, 0.717) is 20.7 Å². The lowest BCUT2D eigenvalue weighted by Gasteiger charge is -2.04. The lowest BCUT2D eigenvalue weighted by Crippen LogP contribution is -1.84. The second kappa shape index (κ2) is 4.00. The lowest BCUT2D eigenvalue weighted by molar-refractivity contribution is 0.112. The van der Waals surface area contributed by atoms with Gasteiger partial charge in [0.15, 0.2) is 6.29 Å². The summed E-state index contributed by atoms with van der Waals surface area (Å²) < 4.78 is 5.89. The minimum Gasteiger partial charge on any atom is -0.495 e. The number of halogens is 2. The molecule has 1 aromatic carbocycles. The third-order valence-corrected chi connectivity index (χ3v) is 4.07. The predicted molar refractivity (Wildman–Crippen MR) is 63.8 cm³/mol. The summed E-state index contributed by atoms with van der Waals surface area (Å²) in [5.41, 5.74) is 0. The molecule has 0 bridgehead atoms. The van der Waals surface area contributed by atoms with Crippen LogP contribution in [0.1, 0.15) is 9.67 Å². The lowest BCUT2D eigenvalue weighted by atomic mass is 10.2. The molecule has 1 heterocycles. The van der Waals surface area contributed by atoms with Crippen LogP contribution in [0.3, 0.4) is 0 Å². The van der Waals surface area contributed by atoms with Crippen molar-refractivity contribution in [3.63, 3.8) is 0 Å². The highest BCUT2D eigenvalue weighted by molar-refractivity contribution is 7.21. The number of hydrogen-bond acceptors (Lipinski definition) is 3. The molecular weight excluding hydrogens is 255 g/mol.